The zero-order valence-corrected chi connectivity index (χ0v) is 10.1. The summed E-state index contributed by atoms with van der Waals surface area (Å²) in [4.78, 5) is 5.00. The Kier molecular flexibility index (Phi) is 5.03. The van der Waals surface area contributed by atoms with Gasteiger partial charge in [0.25, 0.3) is 0 Å². The van der Waals surface area contributed by atoms with Gasteiger partial charge in [0.2, 0.25) is 0 Å². The highest BCUT2D eigenvalue weighted by atomic mass is 16.5. The lowest BCUT2D eigenvalue weighted by atomic mass is 10.1. The van der Waals surface area contributed by atoms with Crippen LogP contribution in [0, 0.1) is 0 Å². The van der Waals surface area contributed by atoms with Crippen molar-refractivity contribution in [3.63, 3.8) is 0 Å². The summed E-state index contributed by atoms with van der Waals surface area (Å²) in [5.74, 6) is 0. The maximum absolute atomic E-state index is 8.95. The van der Waals surface area contributed by atoms with E-state index in [4.69, 9.17) is 9.84 Å². The minimum atomic E-state index is 0.289. The molecular weight excluding hydrogens is 204 g/mol. The smallest absolute Gasteiger partial charge is 0.0558 e. The second-order valence-corrected chi connectivity index (χ2v) is 4.80. The van der Waals surface area contributed by atoms with E-state index in [2.05, 4.69) is 9.80 Å². The molecule has 0 saturated carbocycles. The highest BCUT2D eigenvalue weighted by Crippen LogP contribution is 2.16. The molecule has 2 saturated heterocycles. The monoisotopic (exact) mass is 228 g/mol. The first-order valence-corrected chi connectivity index (χ1v) is 6.55. The Morgan fingerprint density at radius 3 is 2.62 bits per heavy atom. The Labute approximate surface area is 98.2 Å². The molecule has 0 amide bonds. The highest BCUT2D eigenvalue weighted by molar-refractivity contribution is 4.78. The second-order valence-electron chi connectivity index (χ2n) is 4.80. The summed E-state index contributed by atoms with van der Waals surface area (Å²) in [7, 11) is 0. The van der Waals surface area contributed by atoms with Gasteiger partial charge in [-0.3, -0.25) is 9.80 Å². The molecule has 4 heteroatoms. The first-order chi connectivity index (χ1) is 7.90. The molecule has 2 aliphatic rings. The molecule has 0 atom stereocenters. The average Bonchev–Trinajstić information content (AvgIpc) is 2.57. The molecule has 94 valence electrons. The minimum Gasteiger partial charge on any atom is -0.395 e. The number of β-amino-alcohol motifs (C(OH)–C–C–N with tert-alkyl or cyclic N) is 1. The second kappa shape index (κ2) is 6.55. The van der Waals surface area contributed by atoms with Crippen molar-refractivity contribution in [2.24, 2.45) is 0 Å². The van der Waals surface area contributed by atoms with E-state index in [0.717, 1.165) is 45.4 Å². The fourth-order valence-electron chi connectivity index (χ4n) is 2.77. The van der Waals surface area contributed by atoms with E-state index >= 15 is 0 Å². The van der Waals surface area contributed by atoms with Gasteiger partial charge in [-0.1, -0.05) is 0 Å². The number of ether oxygens (including phenoxy) is 1. The number of rotatable bonds is 3. The van der Waals surface area contributed by atoms with Crippen LogP contribution in [0.5, 0.6) is 0 Å². The topological polar surface area (TPSA) is 35.9 Å². The SMILES string of the molecule is OCCN1CCCN(C2CCOCC2)CC1. The third-order valence-corrected chi connectivity index (χ3v) is 3.75. The molecule has 0 aromatic heterocycles. The van der Waals surface area contributed by atoms with Gasteiger partial charge in [-0.05, 0) is 32.4 Å². The zero-order chi connectivity index (χ0) is 11.2. The van der Waals surface area contributed by atoms with Crippen LogP contribution >= 0.6 is 0 Å². The fraction of sp³-hybridized carbons (Fsp3) is 1.00. The zero-order valence-electron chi connectivity index (χ0n) is 10.1. The highest BCUT2D eigenvalue weighted by Gasteiger charge is 2.23. The van der Waals surface area contributed by atoms with E-state index < -0.39 is 0 Å². The summed E-state index contributed by atoms with van der Waals surface area (Å²) in [6.45, 7) is 7.61. The molecule has 2 aliphatic heterocycles. The van der Waals surface area contributed by atoms with E-state index in [1.165, 1.54) is 25.8 Å². The fourth-order valence-corrected chi connectivity index (χ4v) is 2.77. The molecule has 0 aromatic rings. The predicted molar refractivity (Wildman–Crippen MR) is 63.6 cm³/mol. The van der Waals surface area contributed by atoms with Gasteiger partial charge in [0.15, 0.2) is 0 Å². The summed E-state index contributed by atoms with van der Waals surface area (Å²) in [6.07, 6.45) is 3.62. The van der Waals surface area contributed by atoms with Gasteiger partial charge >= 0.3 is 0 Å². The van der Waals surface area contributed by atoms with Crippen molar-refractivity contribution in [2.45, 2.75) is 25.3 Å². The van der Waals surface area contributed by atoms with Crippen molar-refractivity contribution in [3.05, 3.63) is 0 Å². The lowest BCUT2D eigenvalue weighted by Crippen LogP contribution is -2.41. The number of hydrogen-bond acceptors (Lipinski definition) is 4. The molecule has 0 aliphatic carbocycles. The number of hydrogen-bond donors (Lipinski definition) is 1. The minimum absolute atomic E-state index is 0.289. The van der Waals surface area contributed by atoms with Crippen LogP contribution in [0.2, 0.25) is 0 Å². The lowest BCUT2D eigenvalue weighted by Gasteiger charge is -2.33. The Hall–Kier alpha value is -0.160. The molecule has 0 unspecified atom stereocenters. The Morgan fingerprint density at radius 2 is 1.88 bits per heavy atom. The van der Waals surface area contributed by atoms with Crippen LogP contribution in [0.15, 0.2) is 0 Å². The molecule has 0 radical (unpaired) electrons. The Bertz CT molecular complexity index is 195. The normalized spacial score (nSPS) is 26.8. The van der Waals surface area contributed by atoms with Crippen molar-refractivity contribution in [1.82, 2.24) is 9.80 Å². The Morgan fingerprint density at radius 1 is 1.06 bits per heavy atom. The van der Waals surface area contributed by atoms with E-state index in [1.807, 2.05) is 0 Å². The van der Waals surface area contributed by atoms with Gasteiger partial charge in [0.05, 0.1) is 6.61 Å². The van der Waals surface area contributed by atoms with Gasteiger partial charge < -0.3 is 9.84 Å². The van der Waals surface area contributed by atoms with Gasteiger partial charge in [-0.2, -0.15) is 0 Å². The van der Waals surface area contributed by atoms with E-state index in [1.54, 1.807) is 0 Å². The van der Waals surface area contributed by atoms with Crippen molar-refractivity contribution < 1.29 is 9.84 Å². The number of aliphatic hydroxyl groups excluding tert-OH is 1. The van der Waals surface area contributed by atoms with Crippen LogP contribution in [-0.4, -0.2) is 73.5 Å². The van der Waals surface area contributed by atoms with Gasteiger partial charge in [-0.15, -0.1) is 0 Å². The first kappa shape index (κ1) is 12.3. The quantitative estimate of drug-likeness (QED) is 0.747. The van der Waals surface area contributed by atoms with Crippen molar-refractivity contribution in [1.29, 1.82) is 0 Å². The molecule has 2 rings (SSSR count). The largest absolute Gasteiger partial charge is 0.395 e. The molecule has 1 N–H and O–H groups in total. The average molecular weight is 228 g/mol. The number of nitrogens with zero attached hydrogens (tertiary/aromatic N) is 2. The molecule has 2 fully saturated rings. The summed E-state index contributed by atoms with van der Waals surface area (Å²) < 4.78 is 5.41. The van der Waals surface area contributed by atoms with Crippen LogP contribution in [0.4, 0.5) is 0 Å². The van der Waals surface area contributed by atoms with Crippen molar-refractivity contribution in [3.8, 4) is 0 Å². The van der Waals surface area contributed by atoms with Crippen LogP contribution < -0.4 is 0 Å². The van der Waals surface area contributed by atoms with E-state index in [0.29, 0.717) is 0 Å². The van der Waals surface area contributed by atoms with E-state index in [-0.39, 0.29) is 6.61 Å². The van der Waals surface area contributed by atoms with Crippen LogP contribution in [-0.2, 0) is 4.74 Å². The Balaban J connectivity index is 1.78. The van der Waals surface area contributed by atoms with Crippen molar-refractivity contribution >= 4 is 0 Å². The maximum atomic E-state index is 8.95. The summed E-state index contributed by atoms with van der Waals surface area (Å²) in [5, 5.41) is 8.95. The molecular formula is C12H24N2O2. The summed E-state index contributed by atoms with van der Waals surface area (Å²) >= 11 is 0. The van der Waals surface area contributed by atoms with E-state index in [9.17, 15) is 0 Å². The molecule has 16 heavy (non-hydrogen) atoms. The third kappa shape index (κ3) is 3.42. The lowest BCUT2D eigenvalue weighted by molar-refractivity contribution is 0.0352. The van der Waals surface area contributed by atoms with Crippen LogP contribution in [0.3, 0.4) is 0 Å². The van der Waals surface area contributed by atoms with Crippen molar-refractivity contribution in [2.75, 3.05) is 52.5 Å². The standard InChI is InChI=1S/C12H24N2O2/c15-9-8-13-4-1-5-14(7-6-13)12-2-10-16-11-3-12/h12,15H,1-11H2. The van der Waals surface area contributed by atoms with Crippen LogP contribution in [0.25, 0.3) is 0 Å². The first-order valence-electron chi connectivity index (χ1n) is 6.55. The van der Waals surface area contributed by atoms with Gasteiger partial charge in [0, 0.05) is 38.9 Å². The maximum Gasteiger partial charge on any atom is 0.0558 e. The molecule has 0 spiro atoms. The van der Waals surface area contributed by atoms with Crippen LogP contribution in [0.1, 0.15) is 19.3 Å². The molecule has 4 nitrogen and oxygen atoms in total. The molecule has 0 aromatic carbocycles. The summed E-state index contributed by atoms with van der Waals surface area (Å²) in [6, 6.07) is 0.739. The van der Waals surface area contributed by atoms with Gasteiger partial charge in [-0.25, -0.2) is 0 Å². The molecule has 0 bridgehead atoms. The number of aliphatic hydroxyl groups is 1. The van der Waals surface area contributed by atoms with Gasteiger partial charge in [0.1, 0.15) is 0 Å². The summed E-state index contributed by atoms with van der Waals surface area (Å²) in [5.41, 5.74) is 0. The molecule has 2 heterocycles. The third-order valence-electron chi connectivity index (χ3n) is 3.75. The predicted octanol–water partition coefficient (Wildman–Crippen LogP) is 0.165.